The van der Waals surface area contributed by atoms with Crippen molar-refractivity contribution in [3.8, 4) is 5.69 Å². The number of furan rings is 1. The highest BCUT2D eigenvalue weighted by atomic mass is 16.3. The van der Waals surface area contributed by atoms with E-state index >= 15 is 0 Å². The van der Waals surface area contributed by atoms with E-state index in [4.69, 9.17) is 19.5 Å². The van der Waals surface area contributed by atoms with Crippen molar-refractivity contribution in [2.45, 2.75) is 26.2 Å². The van der Waals surface area contributed by atoms with Crippen LogP contribution in [-0.2, 0) is 5.41 Å². The van der Waals surface area contributed by atoms with Crippen molar-refractivity contribution in [2.24, 2.45) is 0 Å². The van der Waals surface area contributed by atoms with Gasteiger partial charge in [-0.25, -0.2) is 0 Å². The summed E-state index contributed by atoms with van der Waals surface area (Å²) in [5.74, 6) is 0. The normalized spacial score (nSPS) is 20.5. The van der Waals surface area contributed by atoms with Gasteiger partial charge in [0.2, 0.25) is 0 Å². The van der Waals surface area contributed by atoms with Crippen molar-refractivity contribution in [1.29, 1.82) is 0 Å². The molecule has 14 rings (SSSR count). The molecule has 0 atom stereocenters. The summed E-state index contributed by atoms with van der Waals surface area (Å²) in [4.78, 5) is 2.19. The molecule has 0 saturated heterocycles. The number of hydrogen-bond donors (Lipinski definition) is 0. The van der Waals surface area contributed by atoms with Crippen LogP contribution in [0.25, 0.3) is 49.4 Å². The molecule has 0 N–H and O–H groups in total. The summed E-state index contributed by atoms with van der Waals surface area (Å²) in [6.45, 7) is 2.67. The zero-order chi connectivity index (χ0) is 70.3. The van der Waals surface area contributed by atoms with Crippen molar-refractivity contribution in [3.05, 3.63) is 199 Å². The first-order valence-corrected chi connectivity index (χ1v) is 19.7. The minimum absolute atomic E-state index is 0.207. The first-order chi connectivity index (χ1) is 44.7. The highest BCUT2D eigenvalue weighted by Crippen LogP contribution is 2.54. The number of anilines is 9. The molecule has 302 valence electrons. The Hall–Kier alpha value is -7.96. The van der Waals surface area contributed by atoms with Crippen molar-refractivity contribution in [3.63, 3.8) is 0 Å². The lowest BCUT2D eigenvalue weighted by atomic mass is 9.33. The molecule has 6 heteroatoms. The summed E-state index contributed by atoms with van der Waals surface area (Å²) in [7, 11) is 0. The molecule has 3 aliphatic rings. The van der Waals surface area contributed by atoms with Crippen LogP contribution in [0.4, 0.5) is 51.2 Å². The van der Waals surface area contributed by atoms with Crippen LogP contribution in [-0.4, -0.2) is 11.3 Å². The Morgan fingerprint density at radius 2 is 1.11 bits per heavy atom. The number of aromatic nitrogens is 1. The van der Waals surface area contributed by atoms with E-state index in [1.165, 1.54) is 0 Å². The molecular weight excluding hydrogens is 779 g/mol. The van der Waals surface area contributed by atoms with Gasteiger partial charge in [0.05, 0.1) is 88.7 Å². The van der Waals surface area contributed by atoms with Crippen LogP contribution in [0, 0.1) is 0 Å². The summed E-state index contributed by atoms with van der Waals surface area (Å²) in [5.41, 5.74) is -13.9. The molecular formula is C58H41BN4O. The second-order valence-electron chi connectivity index (χ2n) is 16.1. The van der Waals surface area contributed by atoms with E-state index in [9.17, 15) is 28.8 Å². The maximum atomic E-state index is 11.1. The fourth-order valence-corrected chi connectivity index (χ4v) is 9.02. The van der Waals surface area contributed by atoms with E-state index in [-0.39, 0.29) is 5.56 Å². The molecule has 9 aromatic carbocycles. The maximum absolute atomic E-state index is 11.1. The smallest absolute Gasteiger partial charge is 0.252 e. The molecule has 0 radical (unpaired) electrons. The SMILES string of the molecule is [2H]c1c([2H])c([2H])c(N(c2c([2H])c([2H])c([2H])c([2H])c2[2H])c2c([2H])c3c4c(c2[2H])N2c5c(c([2H])c([2H])c([2H])c5-n5c6c([2H])c([2H])c([2H])c([2H])c6c6c([2H])c([2H])c([2H])c2c65)B4c2c([2H])c(C(C)(C)C)c([2H])c([2H])c2N3c2c([2H])c([2H])c([2H])c3oc4c([2H])c([2H])c([2H])c([2H])c4c23)c([2H])c1[2H]. The lowest BCUT2D eigenvalue weighted by Crippen LogP contribution is -2.62. The molecule has 0 bridgehead atoms. The largest absolute Gasteiger partial charge is 0.456 e. The predicted octanol–water partition coefficient (Wildman–Crippen LogP) is 13.8. The van der Waals surface area contributed by atoms with Crippen LogP contribution in [0.1, 0.15) is 70.2 Å². The Morgan fingerprint density at radius 3 is 1.89 bits per heavy atom. The van der Waals surface area contributed by atoms with Gasteiger partial charge in [0, 0.05) is 44.6 Å². The van der Waals surface area contributed by atoms with Crippen LogP contribution in [0.15, 0.2) is 198 Å². The molecule has 5 nitrogen and oxygen atoms in total. The Bertz CT molecular complexity index is 5530. The van der Waals surface area contributed by atoms with Gasteiger partial charge in [-0.3, -0.25) is 0 Å². The van der Waals surface area contributed by atoms with Crippen LogP contribution < -0.4 is 31.1 Å². The zero-order valence-corrected chi connectivity index (χ0v) is 33.3. The predicted molar refractivity (Wildman–Crippen MR) is 269 cm³/mol. The molecule has 0 saturated carbocycles. The fraction of sp³-hybridized carbons (Fsp3) is 0.0690. The van der Waals surface area contributed by atoms with Crippen LogP contribution >= 0.6 is 0 Å². The lowest BCUT2D eigenvalue weighted by Gasteiger charge is -2.47. The number of hydrogen-bond acceptors (Lipinski definition) is 4. The molecule has 0 aliphatic carbocycles. The Balaban J connectivity index is 1.36. The fourth-order valence-electron chi connectivity index (χ4n) is 9.02. The molecule has 0 amide bonds. The van der Waals surface area contributed by atoms with Gasteiger partial charge in [0.1, 0.15) is 11.2 Å². The molecule has 3 aliphatic heterocycles. The van der Waals surface area contributed by atoms with E-state index < -0.39 is 322 Å². The van der Waals surface area contributed by atoms with Crippen molar-refractivity contribution < 1.29 is 48.3 Å². The van der Waals surface area contributed by atoms with E-state index in [1.807, 2.05) is 0 Å². The highest BCUT2D eigenvalue weighted by Gasteiger charge is 2.47. The van der Waals surface area contributed by atoms with E-state index in [2.05, 4.69) is 0 Å². The number of fused-ring (bicyclic) bond motifs is 12. The summed E-state index contributed by atoms with van der Waals surface area (Å²) >= 11 is 0. The monoisotopic (exact) mass is 853 g/mol. The van der Waals surface area contributed by atoms with Crippen molar-refractivity contribution >= 4 is 118 Å². The minimum Gasteiger partial charge on any atom is -0.456 e. The average Bonchev–Trinajstić information content (AvgIpc) is 0.746. The van der Waals surface area contributed by atoms with Crippen LogP contribution in [0.5, 0.6) is 0 Å². The minimum atomic E-state index is -2.07. The van der Waals surface area contributed by atoms with Gasteiger partial charge in [-0.1, -0.05) is 136 Å². The van der Waals surface area contributed by atoms with E-state index in [0.29, 0.717) is 4.90 Å². The molecule has 0 fully saturated rings. The van der Waals surface area contributed by atoms with Gasteiger partial charge < -0.3 is 23.7 Å². The molecule has 0 unspecified atom stereocenters. The number of nitrogens with zero attached hydrogens (tertiary/aromatic N) is 4. The van der Waals surface area contributed by atoms with Gasteiger partial charge in [-0.2, -0.15) is 0 Å². The summed E-state index contributed by atoms with van der Waals surface area (Å²) in [6.07, 6.45) is 0. The zero-order valence-electron chi connectivity index (χ0n) is 65.3. The second-order valence-corrected chi connectivity index (χ2v) is 16.1. The van der Waals surface area contributed by atoms with Crippen molar-refractivity contribution in [1.82, 2.24) is 4.57 Å². The topological polar surface area (TPSA) is 27.8 Å². The standard InChI is InChI=1S/C58H41BN4O/c1-58(2,3)36-31-32-46-44(33-36)59-43-24-15-28-49-57(43)63(48-27-14-23-41-40-21-10-12-25-45(40)62(49)56(41)48)51-35-39(60(37-17-6-4-7-18-37)38-19-8-5-9-20-38)34-50(55(51)59)61(46)47-26-16-30-53-54(47)42-22-11-13-29-52(42)64-53/h4-35H,1-3H3/i4D,5D,6D,7D,8D,9D,10D,11D,12D,13D,14D,15D,16D,17D,18D,19D,20D,21D,22D,23D,24D,25D,26D,27D,28D,29D,30D,31D,32D,33D,34D,35D. The third-order valence-electron chi connectivity index (χ3n) is 11.6. The quantitative estimate of drug-likeness (QED) is 0.165. The lowest BCUT2D eigenvalue weighted by molar-refractivity contribution is 0.591. The third kappa shape index (κ3) is 4.74. The molecule has 64 heavy (non-hydrogen) atoms. The Labute approximate surface area is 416 Å². The highest BCUT2D eigenvalue weighted by molar-refractivity contribution is 7.00. The summed E-state index contributed by atoms with van der Waals surface area (Å²) < 4.78 is 313. The summed E-state index contributed by atoms with van der Waals surface area (Å²) in [5, 5.41) is -2.16. The van der Waals surface area contributed by atoms with E-state index in [0.717, 1.165) is 14.4 Å². The first-order valence-electron chi connectivity index (χ1n) is 35.7. The third-order valence-corrected chi connectivity index (χ3v) is 11.6. The maximum Gasteiger partial charge on any atom is 0.252 e. The average molecular weight is 853 g/mol. The molecule has 0 spiro atoms. The number of rotatable bonds is 4. The Kier molecular flexibility index (Phi) is 3.33. The van der Waals surface area contributed by atoms with Gasteiger partial charge >= 0.3 is 0 Å². The van der Waals surface area contributed by atoms with Gasteiger partial charge in [0.25, 0.3) is 6.71 Å². The van der Waals surface area contributed by atoms with Crippen molar-refractivity contribution in [2.75, 3.05) is 14.7 Å². The molecule has 5 heterocycles. The van der Waals surface area contributed by atoms with E-state index in [1.54, 1.807) is 20.8 Å². The first kappa shape index (κ1) is 16.6. The van der Waals surface area contributed by atoms with Gasteiger partial charge in [-0.15, -0.1) is 0 Å². The number of benzene rings is 9. The molecule has 11 aromatic rings. The second kappa shape index (κ2) is 12.8. The van der Waals surface area contributed by atoms with Crippen LogP contribution in [0.2, 0.25) is 0 Å². The Morgan fingerprint density at radius 1 is 0.484 bits per heavy atom. The van der Waals surface area contributed by atoms with Gasteiger partial charge in [-0.05, 0) is 106 Å². The number of para-hydroxylation sites is 6. The molecule has 2 aromatic heterocycles. The van der Waals surface area contributed by atoms with Gasteiger partial charge in [0.15, 0.2) is 0 Å². The summed E-state index contributed by atoms with van der Waals surface area (Å²) in [6, 6.07) is -31.4. The van der Waals surface area contributed by atoms with Crippen LogP contribution in [0.3, 0.4) is 0 Å².